The van der Waals surface area contributed by atoms with Crippen LogP contribution in [0.25, 0.3) is 0 Å². The maximum Gasteiger partial charge on any atom is 0.173 e. The fourth-order valence-corrected chi connectivity index (χ4v) is 3.53. The summed E-state index contributed by atoms with van der Waals surface area (Å²) in [4.78, 5) is 0. The van der Waals surface area contributed by atoms with Crippen LogP contribution in [0.5, 0.6) is 0 Å². The Morgan fingerprint density at radius 3 is 2.38 bits per heavy atom. The second-order valence-corrected chi connectivity index (χ2v) is 5.89. The highest BCUT2D eigenvalue weighted by Crippen LogP contribution is 2.54. The molecular formula is C13H20O3. The molecule has 3 heteroatoms. The Bertz CT molecular complexity index is 305. The molecule has 1 saturated carbocycles. The van der Waals surface area contributed by atoms with Crippen LogP contribution in [0.4, 0.5) is 0 Å². The number of ether oxygens (including phenoxy) is 3. The zero-order valence-corrected chi connectivity index (χ0v) is 10.1. The van der Waals surface area contributed by atoms with Crippen molar-refractivity contribution in [1.29, 1.82) is 0 Å². The summed E-state index contributed by atoms with van der Waals surface area (Å²) in [5, 5.41) is 0. The van der Waals surface area contributed by atoms with Crippen molar-refractivity contribution in [3.05, 3.63) is 12.3 Å². The third-order valence-corrected chi connectivity index (χ3v) is 4.36. The molecule has 2 heterocycles. The molecule has 0 aromatic rings. The molecule has 0 radical (unpaired) electrons. The lowest BCUT2D eigenvalue weighted by molar-refractivity contribution is -0.269. The van der Waals surface area contributed by atoms with Crippen LogP contribution in [0.1, 0.15) is 39.5 Å². The van der Waals surface area contributed by atoms with E-state index in [1.54, 1.807) is 0 Å². The minimum atomic E-state index is -0.357. The summed E-state index contributed by atoms with van der Waals surface area (Å²) >= 11 is 0. The molecule has 16 heavy (non-hydrogen) atoms. The first kappa shape index (κ1) is 10.6. The Morgan fingerprint density at radius 2 is 1.81 bits per heavy atom. The van der Waals surface area contributed by atoms with E-state index in [0.717, 1.165) is 38.9 Å². The first-order chi connectivity index (χ1) is 7.58. The second-order valence-electron chi connectivity index (χ2n) is 5.89. The third-order valence-electron chi connectivity index (χ3n) is 4.36. The normalized spacial score (nSPS) is 39.4. The summed E-state index contributed by atoms with van der Waals surface area (Å²) in [6.07, 6.45) is 8.00. The molecule has 1 unspecified atom stereocenters. The highest BCUT2D eigenvalue weighted by Gasteiger charge is 2.58. The van der Waals surface area contributed by atoms with E-state index in [-0.39, 0.29) is 16.8 Å². The molecule has 0 aromatic heterocycles. The second kappa shape index (κ2) is 3.23. The van der Waals surface area contributed by atoms with Gasteiger partial charge in [0, 0.05) is 18.3 Å². The molecule has 0 amide bonds. The van der Waals surface area contributed by atoms with Gasteiger partial charge in [-0.05, 0) is 18.9 Å². The fourth-order valence-electron chi connectivity index (χ4n) is 3.53. The van der Waals surface area contributed by atoms with Crippen LogP contribution in [0.3, 0.4) is 0 Å². The molecule has 2 aliphatic heterocycles. The van der Waals surface area contributed by atoms with Crippen molar-refractivity contribution in [3.8, 4) is 0 Å². The van der Waals surface area contributed by atoms with Crippen LogP contribution in [-0.2, 0) is 14.2 Å². The van der Waals surface area contributed by atoms with Gasteiger partial charge in [-0.2, -0.15) is 0 Å². The molecule has 1 atom stereocenters. The van der Waals surface area contributed by atoms with Gasteiger partial charge in [0.2, 0.25) is 0 Å². The summed E-state index contributed by atoms with van der Waals surface area (Å²) in [7, 11) is 0. The van der Waals surface area contributed by atoms with E-state index in [1.807, 2.05) is 6.26 Å². The topological polar surface area (TPSA) is 27.7 Å². The molecule has 3 aliphatic rings. The smallest absolute Gasteiger partial charge is 0.173 e. The molecule has 2 spiro atoms. The lowest BCUT2D eigenvalue weighted by Gasteiger charge is -2.51. The van der Waals surface area contributed by atoms with E-state index in [4.69, 9.17) is 14.2 Å². The monoisotopic (exact) mass is 224 g/mol. The summed E-state index contributed by atoms with van der Waals surface area (Å²) in [6.45, 7) is 5.94. The van der Waals surface area contributed by atoms with Gasteiger partial charge in [0.1, 0.15) is 5.60 Å². The van der Waals surface area contributed by atoms with Crippen molar-refractivity contribution in [2.45, 2.75) is 50.9 Å². The standard InChI is InChI=1S/C13H20O3/c1-11(2)10-12(4-3-7-14-12)5-6-13(11)15-8-9-16-13/h3,7H,4-6,8-10H2,1-2H3. The van der Waals surface area contributed by atoms with Gasteiger partial charge in [-0.25, -0.2) is 0 Å². The largest absolute Gasteiger partial charge is 0.495 e. The number of hydrogen-bond acceptors (Lipinski definition) is 3. The number of rotatable bonds is 0. The van der Waals surface area contributed by atoms with E-state index >= 15 is 0 Å². The predicted molar refractivity (Wildman–Crippen MR) is 59.8 cm³/mol. The quantitative estimate of drug-likeness (QED) is 0.633. The Morgan fingerprint density at radius 1 is 1.06 bits per heavy atom. The van der Waals surface area contributed by atoms with Crippen molar-refractivity contribution in [3.63, 3.8) is 0 Å². The van der Waals surface area contributed by atoms with Crippen LogP contribution in [0.2, 0.25) is 0 Å². The van der Waals surface area contributed by atoms with Crippen molar-refractivity contribution in [2.75, 3.05) is 13.2 Å². The van der Waals surface area contributed by atoms with Crippen LogP contribution < -0.4 is 0 Å². The minimum absolute atomic E-state index is 0.0179. The SMILES string of the molecule is CC1(C)CC2(CC=CO2)CCC12OCCO2. The van der Waals surface area contributed by atoms with Gasteiger partial charge < -0.3 is 14.2 Å². The Labute approximate surface area is 96.8 Å². The lowest BCUT2D eigenvalue weighted by Crippen LogP contribution is -2.55. The van der Waals surface area contributed by atoms with Gasteiger partial charge in [0.15, 0.2) is 5.79 Å². The van der Waals surface area contributed by atoms with Gasteiger partial charge in [0.25, 0.3) is 0 Å². The predicted octanol–water partition coefficient (Wildman–Crippen LogP) is 2.61. The molecule has 2 fully saturated rings. The van der Waals surface area contributed by atoms with E-state index in [1.165, 1.54) is 0 Å². The average molecular weight is 224 g/mol. The maximum absolute atomic E-state index is 5.90. The van der Waals surface area contributed by atoms with Crippen molar-refractivity contribution in [1.82, 2.24) is 0 Å². The van der Waals surface area contributed by atoms with E-state index in [9.17, 15) is 0 Å². The van der Waals surface area contributed by atoms with Gasteiger partial charge in [-0.1, -0.05) is 13.8 Å². The summed E-state index contributed by atoms with van der Waals surface area (Å²) < 4.78 is 17.6. The van der Waals surface area contributed by atoms with Crippen LogP contribution >= 0.6 is 0 Å². The third kappa shape index (κ3) is 1.34. The molecular weight excluding hydrogens is 204 g/mol. The first-order valence-corrected chi connectivity index (χ1v) is 6.18. The fraction of sp³-hybridized carbons (Fsp3) is 0.846. The number of hydrogen-bond donors (Lipinski definition) is 0. The molecule has 1 aliphatic carbocycles. The lowest BCUT2D eigenvalue weighted by atomic mass is 9.65. The van der Waals surface area contributed by atoms with Crippen LogP contribution in [0, 0.1) is 5.41 Å². The summed E-state index contributed by atoms with van der Waals surface area (Å²) in [6, 6.07) is 0. The van der Waals surface area contributed by atoms with Crippen LogP contribution in [-0.4, -0.2) is 24.6 Å². The first-order valence-electron chi connectivity index (χ1n) is 6.18. The van der Waals surface area contributed by atoms with Gasteiger partial charge in [-0.3, -0.25) is 0 Å². The Kier molecular flexibility index (Phi) is 2.14. The van der Waals surface area contributed by atoms with Crippen molar-refractivity contribution < 1.29 is 14.2 Å². The molecule has 0 bridgehead atoms. The van der Waals surface area contributed by atoms with E-state index in [2.05, 4.69) is 19.9 Å². The van der Waals surface area contributed by atoms with Gasteiger partial charge in [-0.15, -0.1) is 0 Å². The molecule has 90 valence electrons. The summed E-state index contributed by atoms with van der Waals surface area (Å²) in [5.41, 5.74) is 0.0395. The van der Waals surface area contributed by atoms with E-state index < -0.39 is 0 Å². The van der Waals surface area contributed by atoms with Crippen LogP contribution in [0.15, 0.2) is 12.3 Å². The Hall–Kier alpha value is -0.540. The molecule has 0 N–H and O–H groups in total. The Balaban J connectivity index is 1.83. The van der Waals surface area contributed by atoms with Crippen molar-refractivity contribution in [2.24, 2.45) is 5.41 Å². The molecule has 1 saturated heterocycles. The highest BCUT2D eigenvalue weighted by molar-refractivity contribution is 5.08. The van der Waals surface area contributed by atoms with Crippen molar-refractivity contribution >= 4 is 0 Å². The highest BCUT2D eigenvalue weighted by atomic mass is 16.7. The summed E-state index contributed by atoms with van der Waals surface area (Å²) in [5.74, 6) is -0.357. The average Bonchev–Trinajstić information content (AvgIpc) is 2.82. The van der Waals surface area contributed by atoms with E-state index in [0.29, 0.717) is 0 Å². The molecule has 0 aromatic carbocycles. The van der Waals surface area contributed by atoms with Gasteiger partial charge >= 0.3 is 0 Å². The maximum atomic E-state index is 5.90. The molecule has 3 rings (SSSR count). The zero-order chi connectivity index (χ0) is 11.3. The molecule has 3 nitrogen and oxygen atoms in total. The zero-order valence-electron chi connectivity index (χ0n) is 10.1. The van der Waals surface area contributed by atoms with Gasteiger partial charge in [0.05, 0.1) is 19.5 Å². The minimum Gasteiger partial charge on any atom is -0.495 e.